The SMILES string of the molecule is O=C(OC1C[C@@H]2N[C@H](C1)[C@H]1O[C@H]12)[C@@H](CO)c1ccccc1. The Balaban J connectivity index is 1.41. The normalized spacial score (nSPS) is 37.7. The molecule has 1 aromatic rings. The number of morpholine rings is 1. The lowest BCUT2D eigenvalue weighted by atomic mass is 9.98. The summed E-state index contributed by atoms with van der Waals surface area (Å²) in [4.78, 5) is 12.3. The molecule has 0 aliphatic carbocycles. The van der Waals surface area contributed by atoms with E-state index in [1.165, 1.54) is 0 Å². The molecule has 3 heterocycles. The predicted molar refractivity (Wildman–Crippen MR) is 74.8 cm³/mol. The van der Waals surface area contributed by atoms with Crippen molar-refractivity contribution in [1.29, 1.82) is 0 Å². The first-order valence-corrected chi connectivity index (χ1v) is 7.54. The van der Waals surface area contributed by atoms with Gasteiger partial charge in [0.25, 0.3) is 0 Å². The highest BCUT2D eigenvalue weighted by molar-refractivity contribution is 5.78. The van der Waals surface area contributed by atoms with Crippen molar-refractivity contribution in [2.24, 2.45) is 0 Å². The molecule has 5 nitrogen and oxygen atoms in total. The van der Waals surface area contributed by atoms with Gasteiger partial charge in [-0.3, -0.25) is 4.79 Å². The Hall–Kier alpha value is -1.43. The van der Waals surface area contributed by atoms with Crippen LogP contribution in [0.25, 0.3) is 0 Å². The first kappa shape index (κ1) is 13.2. The number of hydrogen-bond donors (Lipinski definition) is 2. The van der Waals surface area contributed by atoms with Gasteiger partial charge in [-0.2, -0.15) is 0 Å². The Bertz CT molecular complexity index is 518. The van der Waals surface area contributed by atoms with Crippen LogP contribution in [0.4, 0.5) is 0 Å². The van der Waals surface area contributed by atoms with Gasteiger partial charge < -0.3 is 19.9 Å². The highest BCUT2D eigenvalue weighted by Crippen LogP contribution is 2.42. The van der Waals surface area contributed by atoms with E-state index < -0.39 is 5.92 Å². The van der Waals surface area contributed by atoms with Gasteiger partial charge in [0.15, 0.2) is 0 Å². The standard InChI is InChI=1S/C16H19NO4/c18-8-11(9-4-2-1-3-5-9)16(19)20-10-6-12-14-15(21-14)13(7-10)17-12/h1-5,10-15,17-18H,6-8H2/t10?,11-,12-,13+,14-,15+/m0/s1. The Morgan fingerprint density at radius 1 is 1.29 bits per heavy atom. The van der Waals surface area contributed by atoms with Gasteiger partial charge in [0, 0.05) is 24.9 Å². The lowest BCUT2D eigenvalue weighted by Crippen LogP contribution is -2.47. The van der Waals surface area contributed by atoms with Crippen LogP contribution in [-0.4, -0.2) is 48.1 Å². The van der Waals surface area contributed by atoms with Gasteiger partial charge in [-0.1, -0.05) is 30.3 Å². The van der Waals surface area contributed by atoms with E-state index >= 15 is 0 Å². The van der Waals surface area contributed by atoms with Crippen LogP contribution in [0.5, 0.6) is 0 Å². The van der Waals surface area contributed by atoms with Crippen molar-refractivity contribution in [1.82, 2.24) is 5.32 Å². The second kappa shape index (κ2) is 5.09. The highest BCUT2D eigenvalue weighted by Gasteiger charge is 2.59. The molecule has 3 aliphatic heterocycles. The number of benzene rings is 1. The minimum atomic E-state index is -0.593. The smallest absolute Gasteiger partial charge is 0.316 e. The molecular weight excluding hydrogens is 270 g/mol. The van der Waals surface area contributed by atoms with E-state index in [9.17, 15) is 9.90 Å². The summed E-state index contributed by atoms with van der Waals surface area (Å²) in [5.41, 5.74) is 0.799. The summed E-state index contributed by atoms with van der Waals surface area (Å²) in [7, 11) is 0. The maximum absolute atomic E-state index is 12.3. The molecular formula is C16H19NO4. The second-order valence-corrected chi connectivity index (χ2v) is 6.12. The molecule has 21 heavy (non-hydrogen) atoms. The summed E-state index contributed by atoms with van der Waals surface area (Å²) in [5.74, 6) is -0.922. The van der Waals surface area contributed by atoms with E-state index in [1.807, 2.05) is 30.3 Å². The van der Waals surface area contributed by atoms with E-state index in [2.05, 4.69) is 5.32 Å². The van der Waals surface area contributed by atoms with Gasteiger partial charge >= 0.3 is 5.97 Å². The number of nitrogens with one attached hydrogen (secondary N) is 1. The fraction of sp³-hybridized carbons (Fsp3) is 0.562. The Morgan fingerprint density at radius 3 is 2.57 bits per heavy atom. The van der Waals surface area contributed by atoms with E-state index in [4.69, 9.17) is 9.47 Å². The molecule has 0 radical (unpaired) electrons. The number of carbonyl (C=O) groups excluding carboxylic acids is 1. The van der Waals surface area contributed by atoms with Crippen LogP contribution in [0.3, 0.4) is 0 Å². The quantitative estimate of drug-likeness (QED) is 0.626. The minimum Gasteiger partial charge on any atom is -0.462 e. The van der Waals surface area contributed by atoms with Gasteiger partial charge in [0.2, 0.25) is 0 Å². The van der Waals surface area contributed by atoms with Crippen molar-refractivity contribution >= 4 is 5.97 Å². The van der Waals surface area contributed by atoms with Crippen molar-refractivity contribution in [3.63, 3.8) is 0 Å². The van der Waals surface area contributed by atoms with E-state index in [-0.39, 0.29) is 18.7 Å². The second-order valence-electron chi connectivity index (χ2n) is 6.12. The molecule has 3 fully saturated rings. The fourth-order valence-electron chi connectivity index (χ4n) is 3.66. The van der Waals surface area contributed by atoms with E-state index in [0.29, 0.717) is 24.3 Å². The molecule has 112 valence electrons. The van der Waals surface area contributed by atoms with Gasteiger partial charge in [-0.15, -0.1) is 0 Å². The third-order valence-corrected chi connectivity index (χ3v) is 4.77. The summed E-state index contributed by atoms with van der Waals surface area (Å²) in [6.07, 6.45) is 2.18. The van der Waals surface area contributed by atoms with Crippen LogP contribution < -0.4 is 5.32 Å². The number of epoxide rings is 1. The summed E-state index contributed by atoms with van der Waals surface area (Å²) in [6.45, 7) is -0.227. The fourth-order valence-corrected chi connectivity index (χ4v) is 3.66. The zero-order chi connectivity index (χ0) is 14.4. The molecule has 6 atom stereocenters. The Morgan fingerprint density at radius 2 is 1.95 bits per heavy atom. The molecule has 0 saturated carbocycles. The first-order valence-electron chi connectivity index (χ1n) is 7.54. The average Bonchev–Trinajstić information content (AvgIpc) is 3.25. The molecule has 3 saturated heterocycles. The highest BCUT2D eigenvalue weighted by atomic mass is 16.6. The molecule has 1 unspecified atom stereocenters. The summed E-state index contributed by atoms with van der Waals surface area (Å²) in [5, 5.41) is 13.0. The third-order valence-electron chi connectivity index (χ3n) is 4.77. The topological polar surface area (TPSA) is 71.1 Å². The van der Waals surface area contributed by atoms with Crippen LogP contribution in [0.2, 0.25) is 0 Å². The molecule has 2 bridgehead atoms. The Kier molecular flexibility index (Phi) is 3.21. The number of carbonyl (C=O) groups is 1. The number of aliphatic hydroxyl groups excluding tert-OH is 1. The molecule has 0 aromatic heterocycles. The van der Waals surface area contributed by atoms with Gasteiger partial charge in [0.05, 0.1) is 6.61 Å². The number of piperidine rings is 1. The number of esters is 1. The van der Waals surface area contributed by atoms with Crippen molar-refractivity contribution in [2.75, 3.05) is 6.61 Å². The lowest BCUT2D eigenvalue weighted by molar-refractivity contribution is -0.154. The number of hydrogen-bond acceptors (Lipinski definition) is 5. The van der Waals surface area contributed by atoms with Crippen molar-refractivity contribution < 1.29 is 19.4 Å². The number of ether oxygens (including phenoxy) is 2. The molecule has 0 spiro atoms. The third kappa shape index (κ3) is 2.35. The van der Waals surface area contributed by atoms with Crippen LogP contribution in [-0.2, 0) is 14.3 Å². The van der Waals surface area contributed by atoms with Crippen molar-refractivity contribution in [3.8, 4) is 0 Å². The van der Waals surface area contributed by atoms with Crippen LogP contribution in [0.1, 0.15) is 24.3 Å². The summed E-state index contributed by atoms with van der Waals surface area (Å²) >= 11 is 0. The number of fused-ring (bicyclic) bond motifs is 5. The van der Waals surface area contributed by atoms with Crippen molar-refractivity contribution in [3.05, 3.63) is 35.9 Å². The van der Waals surface area contributed by atoms with Gasteiger partial charge in [-0.25, -0.2) is 0 Å². The maximum atomic E-state index is 12.3. The van der Waals surface area contributed by atoms with Gasteiger partial charge in [0.1, 0.15) is 24.2 Å². The van der Waals surface area contributed by atoms with Crippen molar-refractivity contribution in [2.45, 2.75) is 49.2 Å². The molecule has 4 rings (SSSR count). The van der Waals surface area contributed by atoms with Crippen LogP contribution in [0, 0.1) is 0 Å². The maximum Gasteiger partial charge on any atom is 0.316 e. The first-order chi connectivity index (χ1) is 10.3. The van der Waals surface area contributed by atoms with Crippen LogP contribution >= 0.6 is 0 Å². The number of aliphatic hydroxyl groups is 1. The Labute approximate surface area is 123 Å². The average molecular weight is 289 g/mol. The molecule has 3 aliphatic rings. The zero-order valence-corrected chi connectivity index (χ0v) is 11.6. The van der Waals surface area contributed by atoms with Gasteiger partial charge in [-0.05, 0) is 5.56 Å². The molecule has 0 amide bonds. The molecule has 5 heteroatoms. The molecule has 2 N–H and O–H groups in total. The van der Waals surface area contributed by atoms with E-state index in [0.717, 1.165) is 18.4 Å². The minimum absolute atomic E-state index is 0.0667. The zero-order valence-electron chi connectivity index (χ0n) is 11.6. The summed E-state index contributed by atoms with van der Waals surface area (Å²) in [6, 6.07) is 9.93. The lowest BCUT2D eigenvalue weighted by Gasteiger charge is -2.31. The largest absolute Gasteiger partial charge is 0.462 e. The predicted octanol–water partition coefficient (Wildman–Crippen LogP) is 0.576. The monoisotopic (exact) mass is 289 g/mol. The van der Waals surface area contributed by atoms with E-state index in [1.54, 1.807) is 0 Å². The van der Waals surface area contributed by atoms with Crippen LogP contribution in [0.15, 0.2) is 30.3 Å². The summed E-state index contributed by atoms with van der Waals surface area (Å²) < 4.78 is 11.2. The number of rotatable bonds is 4. The molecule has 1 aromatic carbocycles.